The number of hydrogen-bond acceptors (Lipinski definition) is 3. The van der Waals surface area contributed by atoms with Crippen LogP contribution in [0.1, 0.15) is 39.5 Å². The van der Waals surface area contributed by atoms with Gasteiger partial charge in [-0.05, 0) is 45.4 Å². The van der Waals surface area contributed by atoms with Crippen molar-refractivity contribution in [3.05, 3.63) is 0 Å². The number of ether oxygens (including phenoxy) is 1. The highest BCUT2D eigenvalue weighted by atomic mass is 35.5. The van der Waals surface area contributed by atoms with Crippen LogP contribution in [-0.2, 0) is 4.74 Å². The van der Waals surface area contributed by atoms with Crippen molar-refractivity contribution < 1.29 is 4.74 Å². The molecular formula is C15H29ClN2O. The van der Waals surface area contributed by atoms with Crippen LogP contribution in [0.2, 0.25) is 0 Å². The van der Waals surface area contributed by atoms with Crippen LogP contribution in [0.4, 0.5) is 0 Å². The molecule has 0 aromatic carbocycles. The Labute approximate surface area is 123 Å². The third-order valence-corrected chi connectivity index (χ3v) is 5.04. The zero-order valence-electron chi connectivity index (χ0n) is 12.4. The molecule has 3 nitrogen and oxygen atoms in total. The van der Waals surface area contributed by atoms with Crippen LogP contribution in [0.25, 0.3) is 0 Å². The van der Waals surface area contributed by atoms with Gasteiger partial charge in [-0.3, -0.25) is 4.90 Å². The highest BCUT2D eigenvalue weighted by Crippen LogP contribution is 2.25. The van der Waals surface area contributed by atoms with E-state index in [4.69, 9.17) is 16.3 Å². The Morgan fingerprint density at radius 3 is 2.63 bits per heavy atom. The lowest BCUT2D eigenvalue weighted by Crippen LogP contribution is -2.50. The first-order valence-corrected chi connectivity index (χ1v) is 8.37. The normalized spacial score (nSPS) is 33.8. The van der Waals surface area contributed by atoms with Crippen LogP contribution >= 0.6 is 11.6 Å². The van der Waals surface area contributed by atoms with E-state index in [0.29, 0.717) is 18.2 Å². The molecule has 1 aliphatic heterocycles. The summed E-state index contributed by atoms with van der Waals surface area (Å²) in [4.78, 5) is 2.51. The molecule has 0 spiro atoms. The SMILES string of the molecule is CC(C)N1CCOC(CNC2CCC(CCl)CC2)C1. The average molecular weight is 289 g/mol. The van der Waals surface area contributed by atoms with E-state index in [2.05, 4.69) is 24.1 Å². The monoisotopic (exact) mass is 288 g/mol. The van der Waals surface area contributed by atoms with Gasteiger partial charge in [0, 0.05) is 37.6 Å². The van der Waals surface area contributed by atoms with E-state index >= 15 is 0 Å². The Balaban J connectivity index is 1.65. The van der Waals surface area contributed by atoms with Gasteiger partial charge in [-0.1, -0.05) is 0 Å². The van der Waals surface area contributed by atoms with E-state index in [-0.39, 0.29) is 0 Å². The van der Waals surface area contributed by atoms with Gasteiger partial charge in [0.25, 0.3) is 0 Å². The molecule has 4 heteroatoms. The van der Waals surface area contributed by atoms with Gasteiger partial charge < -0.3 is 10.1 Å². The fourth-order valence-electron chi connectivity index (χ4n) is 3.15. The predicted octanol–water partition coefficient (Wildman–Crippen LogP) is 2.48. The lowest BCUT2D eigenvalue weighted by atomic mass is 9.87. The first kappa shape index (κ1) is 15.6. The summed E-state index contributed by atoms with van der Waals surface area (Å²) in [6.45, 7) is 8.56. The minimum Gasteiger partial charge on any atom is -0.374 e. The first-order chi connectivity index (χ1) is 9.19. The van der Waals surface area contributed by atoms with Crippen LogP contribution in [0.5, 0.6) is 0 Å². The molecule has 19 heavy (non-hydrogen) atoms. The Bertz CT molecular complexity index is 255. The Morgan fingerprint density at radius 1 is 1.26 bits per heavy atom. The molecule has 0 aromatic heterocycles. The van der Waals surface area contributed by atoms with Gasteiger partial charge in [0.1, 0.15) is 0 Å². The van der Waals surface area contributed by atoms with Crippen molar-refractivity contribution in [2.75, 3.05) is 32.1 Å². The van der Waals surface area contributed by atoms with Crippen molar-refractivity contribution in [3.63, 3.8) is 0 Å². The maximum absolute atomic E-state index is 5.93. The molecule has 2 rings (SSSR count). The fourth-order valence-corrected chi connectivity index (χ4v) is 3.46. The number of halogens is 1. The molecule has 0 amide bonds. The summed E-state index contributed by atoms with van der Waals surface area (Å²) in [7, 11) is 0. The van der Waals surface area contributed by atoms with E-state index < -0.39 is 0 Å². The van der Waals surface area contributed by atoms with Crippen molar-refractivity contribution in [3.8, 4) is 0 Å². The summed E-state index contributed by atoms with van der Waals surface area (Å²) in [6.07, 6.45) is 5.48. The van der Waals surface area contributed by atoms with Crippen LogP contribution in [-0.4, -0.2) is 55.2 Å². The standard InChI is InChI=1S/C15H29ClN2O/c1-12(2)18-7-8-19-15(11-18)10-17-14-5-3-13(9-16)4-6-14/h12-15,17H,3-11H2,1-2H3. The summed E-state index contributed by atoms with van der Waals surface area (Å²) in [5.74, 6) is 1.59. The summed E-state index contributed by atoms with van der Waals surface area (Å²) in [6, 6.07) is 1.31. The van der Waals surface area contributed by atoms with Gasteiger partial charge in [0.2, 0.25) is 0 Å². The van der Waals surface area contributed by atoms with E-state index in [1.807, 2.05) is 0 Å². The molecule has 0 bridgehead atoms. The number of nitrogens with one attached hydrogen (secondary N) is 1. The van der Waals surface area contributed by atoms with Gasteiger partial charge in [0.15, 0.2) is 0 Å². The molecule has 2 fully saturated rings. The van der Waals surface area contributed by atoms with Crippen molar-refractivity contribution in [2.24, 2.45) is 5.92 Å². The Hall–Kier alpha value is 0.170. The summed E-state index contributed by atoms with van der Waals surface area (Å²) in [5, 5.41) is 3.70. The molecule has 2 aliphatic rings. The lowest BCUT2D eigenvalue weighted by molar-refractivity contribution is -0.0386. The summed E-state index contributed by atoms with van der Waals surface area (Å²) < 4.78 is 5.87. The van der Waals surface area contributed by atoms with Crippen LogP contribution in [0, 0.1) is 5.92 Å². The molecule has 1 atom stereocenters. The number of alkyl halides is 1. The quantitative estimate of drug-likeness (QED) is 0.787. The molecule has 1 unspecified atom stereocenters. The second-order valence-electron chi connectivity index (χ2n) is 6.36. The Kier molecular flexibility index (Phi) is 6.40. The number of rotatable bonds is 5. The minimum atomic E-state index is 0.363. The van der Waals surface area contributed by atoms with Crippen molar-refractivity contribution in [2.45, 2.75) is 57.7 Å². The molecule has 0 aromatic rings. The topological polar surface area (TPSA) is 24.5 Å². The first-order valence-electron chi connectivity index (χ1n) is 7.84. The minimum absolute atomic E-state index is 0.363. The highest BCUT2D eigenvalue weighted by molar-refractivity contribution is 6.18. The fraction of sp³-hybridized carbons (Fsp3) is 1.00. The second-order valence-corrected chi connectivity index (χ2v) is 6.67. The van der Waals surface area contributed by atoms with Gasteiger partial charge in [-0.25, -0.2) is 0 Å². The zero-order chi connectivity index (χ0) is 13.7. The highest BCUT2D eigenvalue weighted by Gasteiger charge is 2.24. The third-order valence-electron chi connectivity index (χ3n) is 4.60. The van der Waals surface area contributed by atoms with Crippen LogP contribution in [0.3, 0.4) is 0 Å². The van der Waals surface area contributed by atoms with Gasteiger partial charge in [-0.15, -0.1) is 11.6 Å². The maximum atomic E-state index is 5.93. The van der Waals surface area contributed by atoms with Crippen molar-refractivity contribution in [1.29, 1.82) is 0 Å². The second kappa shape index (κ2) is 7.82. The van der Waals surface area contributed by atoms with Gasteiger partial charge >= 0.3 is 0 Å². The van der Waals surface area contributed by atoms with E-state index in [9.17, 15) is 0 Å². The summed E-state index contributed by atoms with van der Waals surface area (Å²) in [5.41, 5.74) is 0. The predicted molar refractivity (Wildman–Crippen MR) is 80.9 cm³/mol. The maximum Gasteiger partial charge on any atom is 0.0826 e. The van der Waals surface area contributed by atoms with Gasteiger partial charge in [-0.2, -0.15) is 0 Å². The van der Waals surface area contributed by atoms with Crippen LogP contribution in [0.15, 0.2) is 0 Å². The lowest BCUT2D eigenvalue weighted by Gasteiger charge is -2.36. The molecule has 0 radical (unpaired) electrons. The van der Waals surface area contributed by atoms with E-state index in [1.54, 1.807) is 0 Å². The van der Waals surface area contributed by atoms with E-state index in [1.165, 1.54) is 25.7 Å². The largest absolute Gasteiger partial charge is 0.374 e. The molecule has 1 saturated carbocycles. The molecule has 1 aliphatic carbocycles. The van der Waals surface area contributed by atoms with Crippen LogP contribution < -0.4 is 5.32 Å². The number of nitrogens with zero attached hydrogens (tertiary/aromatic N) is 1. The molecule has 1 heterocycles. The third kappa shape index (κ3) is 4.89. The average Bonchev–Trinajstić information content (AvgIpc) is 2.46. The van der Waals surface area contributed by atoms with Crippen molar-refractivity contribution >= 4 is 11.6 Å². The Morgan fingerprint density at radius 2 is 2.00 bits per heavy atom. The molecular weight excluding hydrogens is 260 g/mol. The summed E-state index contributed by atoms with van der Waals surface area (Å²) >= 11 is 5.93. The smallest absolute Gasteiger partial charge is 0.0826 e. The number of hydrogen-bond donors (Lipinski definition) is 1. The number of morpholine rings is 1. The zero-order valence-corrected chi connectivity index (χ0v) is 13.2. The van der Waals surface area contributed by atoms with E-state index in [0.717, 1.165) is 38.0 Å². The van der Waals surface area contributed by atoms with Gasteiger partial charge in [0.05, 0.1) is 12.7 Å². The molecule has 1 N–H and O–H groups in total. The molecule has 112 valence electrons. The molecule has 1 saturated heterocycles. The van der Waals surface area contributed by atoms with Crippen molar-refractivity contribution in [1.82, 2.24) is 10.2 Å².